The van der Waals surface area contributed by atoms with Gasteiger partial charge in [0.2, 0.25) is 0 Å². The molecule has 0 fully saturated rings. The molecule has 7 nitrogen and oxygen atoms in total. The number of aromatic nitrogens is 1. The number of hydrogen-bond acceptors (Lipinski definition) is 4. The number of halogens is 3. The summed E-state index contributed by atoms with van der Waals surface area (Å²) in [5, 5.41) is 8.85. The number of ether oxygens (including phenoxy) is 1. The van der Waals surface area contributed by atoms with E-state index in [1.165, 1.54) is 25.4 Å². The van der Waals surface area contributed by atoms with Crippen LogP contribution in [-0.2, 0) is 0 Å². The SMILES string of the molecule is CNC(=O)c1cc(Oc2ccc(C(C)NC(=O)Nc3cc(Cl)c(Cl)cc3Cl)cc2)ccn1. The first-order valence-electron chi connectivity index (χ1n) is 9.45. The van der Waals surface area contributed by atoms with Gasteiger partial charge in [0.1, 0.15) is 17.2 Å². The topological polar surface area (TPSA) is 92.4 Å². The molecule has 0 aliphatic carbocycles. The van der Waals surface area contributed by atoms with Crippen LogP contribution in [0.3, 0.4) is 0 Å². The zero-order chi connectivity index (χ0) is 23.3. The fourth-order valence-corrected chi connectivity index (χ4v) is 3.34. The van der Waals surface area contributed by atoms with Crippen molar-refractivity contribution in [3.63, 3.8) is 0 Å². The van der Waals surface area contributed by atoms with Crippen LogP contribution in [0, 0.1) is 0 Å². The molecule has 0 saturated heterocycles. The summed E-state index contributed by atoms with van der Waals surface area (Å²) in [7, 11) is 1.53. The molecule has 1 heterocycles. The van der Waals surface area contributed by atoms with Crippen molar-refractivity contribution >= 4 is 52.4 Å². The molecular weight excluding hydrogens is 475 g/mol. The molecule has 3 amide bonds. The highest BCUT2D eigenvalue weighted by Crippen LogP contribution is 2.32. The highest BCUT2D eigenvalue weighted by Gasteiger charge is 2.13. The summed E-state index contributed by atoms with van der Waals surface area (Å²) < 4.78 is 5.78. The number of amides is 3. The zero-order valence-electron chi connectivity index (χ0n) is 17.1. The van der Waals surface area contributed by atoms with E-state index in [0.29, 0.717) is 22.2 Å². The van der Waals surface area contributed by atoms with Crippen molar-refractivity contribution in [2.24, 2.45) is 0 Å². The van der Waals surface area contributed by atoms with Crippen molar-refractivity contribution in [2.45, 2.75) is 13.0 Å². The third-order valence-electron chi connectivity index (χ3n) is 4.41. The van der Waals surface area contributed by atoms with Crippen molar-refractivity contribution in [2.75, 3.05) is 12.4 Å². The van der Waals surface area contributed by atoms with Crippen LogP contribution in [-0.4, -0.2) is 24.0 Å². The summed E-state index contributed by atoms with van der Waals surface area (Å²) in [5.41, 5.74) is 1.46. The summed E-state index contributed by atoms with van der Waals surface area (Å²) in [4.78, 5) is 28.0. The maximum Gasteiger partial charge on any atom is 0.319 e. The van der Waals surface area contributed by atoms with E-state index in [0.717, 1.165) is 5.56 Å². The Morgan fingerprint density at radius 1 is 0.938 bits per heavy atom. The number of hydrogen-bond donors (Lipinski definition) is 3. The Kier molecular flexibility index (Phi) is 7.80. The van der Waals surface area contributed by atoms with Gasteiger partial charge in [0.25, 0.3) is 5.91 Å². The number of anilines is 1. The van der Waals surface area contributed by atoms with E-state index in [9.17, 15) is 9.59 Å². The molecule has 3 rings (SSSR count). The van der Waals surface area contributed by atoms with Gasteiger partial charge in [-0.15, -0.1) is 0 Å². The summed E-state index contributed by atoms with van der Waals surface area (Å²) in [6.07, 6.45) is 1.50. The molecular formula is C22H19Cl3N4O3. The molecule has 32 heavy (non-hydrogen) atoms. The van der Waals surface area contributed by atoms with Crippen molar-refractivity contribution in [1.82, 2.24) is 15.6 Å². The van der Waals surface area contributed by atoms with Gasteiger partial charge in [0.05, 0.1) is 26.8 Å². The van der Waals surface area contributed by atoms with Crippen LogP contribution >= 0.6 is 34.8 Å². The van der Waals surface area contributed by atoms with Crippen molar-refractivity contribution in [3.8, 4) is 11.5 Å². The van der Waals surface area contributed by atoms with Crippen LogP contribution in [0.5, 0.6) is 11.5 Å². The van der Waals surface area contributed by atoms with E-state index >= 15 is 0 Å². The summed E-state index contributed by atoms with van der Waals surface area (Å²) >= 11 is 18.0. The first-order valence-corrected chi connectivity index (χ1v) is 10.6. The van der Waals surface area contributed by atoms with Crippen LogP contribution in [0.1, 0.15) is 29.0 Å². The number of carbonyl (C=O) groups is 2. The Morgan fingerprint density at radius 2 is 1.62 bits per heavy atom. The van der Waals surface area contributed by atoms with Crippen LogP contribution in [0.2, 0.25) is 15.1 Å². The van der Waals surface area contributed by atoms with E-state index in [2.05, 4.69) is 20.9 Å². The quantitative estimate of drug-likeness (QED) is 0.363. The fraction of sp³-hybridized carbons (Fsp3) is 0.136. The van der Waals surface area contributed by atoms with Crippen LogP contribution in [0.4, 0.5) is 10.5 Å². The first-order chi connectivity index (χ1) is 15.3. The second-order valence-electron chi connectivity index (χ2n) is 6.69. The minimum atomic E-state index is -0.448. The first kappa shape index (κ1) is 23.7. The summed E-state index contributed by atoms with van der Waals surface area (Å²) in [6, 6.07) is 12.6. The largest absolute Gasteiger partial charge is 0.457 e. The molecule has 0 aliphatic rings. The predicted molar refractivity (Wildman–Crippen MR) is 126 cm³/mol. The minimum absolute atomic E-state index is 0.257. The van der Waals surface area contributed by atoms with Crippen molar-refractivity contribution < 1.29 is 14.3 Å². The summed E-state index contributed by atoms with van der Waals surface area (Å²) in [5.74, 6) is 0.753. The van der Waals surface area contributed by atoms with E-state index in [1.54, 1.807) is 24.3 Å². The number of benzene rings is 2. The Hall–Kier alpha value is -3.00. The molecule has 1 aromatic heterocycles. The van der Waals surface area contributed by atoms with E-state index in [1.807, 2.05) is 19.1 Å². The van der Waals surface area contributed by atoms with Gasteiger partial charge in [-0.2, -0.15) is 0 Å². The smallest absolute Gasteiger partial charge is 0.319 e. The van der Waals surface area contributed by atoms with Crippen LogP contribution in [0.15, 0.2) is 54.7 Å². The van der Waals surface area contributed by atoms with Gasteiger partial charge < -0.3 is 20.7 Å². The van der Waals surface area contributed by atoms with Crippen molar-refractivity contribution in [3.05, 3.63) is 81.1 Å². The number of nitrogens with zero attached hydrogens (tertiary/aromatic N) is 1. The van der Waals surface area contributed by atoms with Gasteiger partial charge >= 0.3 is 6.03 Å². The Labute approximate surface area is 200 Å². The maximum absolute atomic E-state index is 12.3. The molecule has 1 unspecified atom stereocenters. The van der Waals surface area contributed by atoms with Gasteiger partial charge in [-0.05, 0) is 42.8 Å². The second-order valence-corrected chi connectivity index (χ2v) is 7.91. The molecule has 0 bridgehead atoms. The number of carbonyl (C=O) groups excluding carboxylic acids is 2. The molecule has 1 atom stereocenters. The predicted octanol–water partition coefficient (Wildman–Crippen LogP) is 6.08. The molecule has 0 radical (unpaired) electrons. The lowest BCUT2D eigenvalue weighted by atomic mass is 10.1. The van der Waals surface area contributed by atoms with Gasteiger partial charge in [-0.3, -0.25) is 9.78 Å². The zero-order valence-corrected chi connectivity index (χ0v) is 19.3. The lowest BCUT2D eigenvalue weighted by molar-refractivity contribution is 0.0958. The highest BCUT2D eigenvalue weighted by molar-refractivity contribution is 6.44. The average Bonchev–Trinajstić information content (AvgIpc) is 2.77. The standard InChI is InChI=1S/C22H19Cl3N4O3/c1-12(28-22(31)29-19-11-17(24)16(23)10-18(19)25)13-3-5-14(6-4-13)32-15-7-8-27-20(9-15)21(30)26-2/h3-12H,1-2H3,(H,26,30)(H2,28,29,31). The number of pyridine rings is 1. The Bertz CT molecular complexity index is 1140. The molecule has 0 aliphatic heterocycles. The van der Waals surface area contributed by atoms with E-state index < -0.39 is 6.03 Å². The number of urea groups is 1. The average molecular weight is 494 g/mol. The van der Waals surface area contributed by atoms with Crippen LogP contribution < -0.4 is 20.7 Å². The normalized spacial score (nSPS) is 11.4. The van der Waals surface area contributed by atoms with Crippen LogP contribution in [0.25, 0.3) is 0 Å². The van der Waals surface area contributed by atoms with E-state index in [-0.39, 0.29) is 27.7 Å². The lowest BCUT2D eigenvalue weighted by Crippen LogP contribution is -2.31. The third-order valence-corrected chi connectivity index (χ3v) is 5.45. The lowest BCUT2D eigenvalue weighted by Gasteiger charge is -2.16. The molecule has 0 saturated carbocycles. The Morgan fingerprint density at radius 3 is 2.31 bits per heavy atom. The second kappa shape index (κ2) is 10.5. The molecule has 166 valence electrons. The Balaban J connectivity index is 1.61. The molecule has 3 N–H and O–H groups in total. The van der Waals surface area contributed by atoms with Crippen molar-refractivity contribution in [1.29, 1.82) is 0 Å². The summed E-state index contributed by atoms with van der Waals surface area (Å²) in [6.45, 7) is 1.84. The fourth-order valence-electron chi connectivity index (χ4n) is 2.74. The molecule has 2 aromatic carbocycles. The molecule has 3 aromatic rings. The highest BCUT2D eigenvalue weighted by atomic mass is 35.5. The molecule has 10 heteroatoms. The number of nitrogens with one attached hydrogen (secondary N) is 3. The number of rotatable bonds is 6. The monoisotopic (exact) mass is 492 g/mol. The maximum atomic E-state index is 12.3. The minimum Gasteiger partial charge on any atom is -0.457 e. The third kappa shape index (κ3) is 6.03. The molecule has 0 spiro atoms. The van der Waals surface area contributed by atoms with Gasteiger partial charge in [0, 0.05) is 19.3 Å². The van der Waals surface area contributed by atoms with E-state index in [4.69, 9.17) is 39.5 Å². The van der Waals surface area contributed by atoms with Gasteiger partial charge in [0.15, 0.2) is 0 Å². The van der Waals surface area contributed by atoms with Gasteiger partial charge in [-0.1, -0.05) is 46.9 Å². The van der Waals surface area contributed by atoms with Gasteiger partial charge in [-0.25, -0.2) is 4.79 Å².